The number of fused-ring (bicyclic) bond motifs is 1. The molecule has 2 fully saturated rings. The summed E-state index contributed by atoms with van der Waals surface area (Å²) < 4.78 is 5.59. The molecular formula is C24H41NO7. The standard InChI is InChI=1S/C24H41NO7/c1-15(17(3)27)8-9-23(30)16(2)14-18(28)19-21(4,5)10-11-24(31,22(19,23)6)32-20(29)25-12-7-13-26/h8-9,15-16,18-19,26,28,30-31H,7,10-14H2,1-6H3,(H,25,29)/b9-8-/t15-,16-,18+,19-,22-,23+,24+/m0/s1. The molecular weight excluding hydrogens is 414 g/mol. The third-order valence-electron chi connectivity index (χ3n) is 8.09. The lowest BCUT2D eigenvalue weighted by Crippen LogP contribution is -2.75. The zero-order chi connectivity index (χ0) is 24.5. The summed E-state index contributed by atoms with van der Waals surface area (Å²) in [5, 5.41) is 46.5. The molecule has 184 valence electrons. The van der Waals surface area contributed by atoms with Crippen LogP contribution < -0.4 is 5.32 Å². The highest BCUT2D eigenvalue weighted by Gasteiger charge is 2.74. The molecule has 8 heteroatoms. The van der Waals surface area contributed by atoms with Gasteiger partial charge in [-0.3, -0.25) is 4.79 Å². The van der Waals surface area contributed by atoms with Crippen molar-refractivity contribution in [2.45, 2.75) is 84.7 Å². The molecule has 7 atom stereocenters. The number of carbonyl (C=O) groups excluding carboxylic acids is 2. The third kappa shape index (κ3) is 4.47. The van der Waals surface area contributed by atoms with Crippen molar-refractivity contribution < 1.29 is 34.8 Å². The molecule has 0 heterocycles. The van der Waals surface area contributed by atoms with Gasteiger partial charge in [0, 0.05) is 31.4 Å². The molecule has 1 amide bonds. The highest BCUT2D eigenvalue weighted by Crippen LogP contribution is 2.66. The van der Waals surface area contributed by atoms with Gasteiger partial charge in [-0.2, -0.15) is 0 Å². The number of hydrogen-bond acceptors (Lipinski definition) is 7. The normalized spacial score (nSPS) is 39.9. The Morgan fingerprint density at radius 1 is 1.22 bits per heavy atom. The van der Waals surface area contributed by atoms with Crippen LogP contribution in [0.2, 0.25) is 0 Å². The van der Waals surface area contributed by atoms with E-state index in [0.29, 0.717) is 19.3 Å². The number of alkyl carbamates (subject to hydrolysis) is 1. The number of nitrogens with one attached hydrogen (secondary N) is 1. The number of ether oxygens (including phenoxy) is 1. The van der Waals surface area contributed by atoms with E-state index in [1.165, 1.54) is 6.92 Å². The molecule has 2 rings (SSSR count). The zero-order valence-electron chi connectivity index (χ0n) is 20.2. The monoisotopic (exact) mass is 455 g/mol. The molecule has 0 aliphatic heterocycles. The number of carbonyl (C=O) groups is 2. The molecule has 2 aliphatic rings. The van der Waals surface area contributed by atoms with E-state index in [1.807, 2.05) is 13.8 Å². The van der Waals surface area contributed by atoms with Crippen molar-refractivity contribution in [1.82, 2.24) is 5.32 Å². The van der Waals surface area contributed by atoms with Crippen molar-refractivity contribution in [3.05, 3.63) is 12.2 Å². The Morgan fingerprint density at radius 3 is 2.41 bits per heavy atom. The Hall–Kier alpha value is -1.48. The van der Waals surface area contributed by atoms with Crippen molar-refractivity contribution in [2.75, 3.05) is 13.2 Å². The van der Waals surface area contributed by atoms with Crippen LogP contribution in [0.5, 0.6) is 0 Å². The summed E-state index contributed by atoms with van der Waals surface area (Å²) in [5.74, 6) is -3.63. The van der Waals surface area contributed by atoms with Gasteiger partial charge < -0.3 is 30.5 Å². The van der Waals surface area contributed by atoms with Gasteiger partial charge in [0.05, 0.1) is 17.1 Å². The summed E-state index contributed by atoms with van der Waals surface area (Å²) in [4.78, 5) is 24.3. The average molecular weight is 456 g/mol. The Labute approximate surface area is 191 Å². The van der Waals surface area contributed by atoms with Crippen molar-refractivity contribution in [3.8, 4) is 0 Å². The van der Waals surface area contributed by atoms with Gasteiger partial charge in [-0.1, -0.05) is 39.8 Å². The molecule has 0 spiro atoms. The largest absolute Gasteiger partial charge is 0.416 e. The van der Waals surface area contributed by atoms with Crippen LogP contribution in [0.15, 0.2) is 12.2 Å². The van der Waals surface area contributed by atoms with E-state index in [-0.39, 0.29) is 25.4 Å². The number of allylic oxidation sites excluding steroid dienone is 1. The van der Waals surface area contributed by atoms with Gasteiger partial charge in [-0.25, -0.2) is 4.79 Å². The Bertz CT molecular complexity index is 738. The van der Waals surface area contributed by atoms with Gasteiger partial charge >= 0.3 is 6.09 Å². The minimum Gasteiger partial charge on any atom is -0.416 e. The lowest BCUT2D eigenvalue weighted by molar-refractivity contribution is -0.360. The van der Waals surface area contributed by atoms with Crippen LogP contribution >= 0.6 is 0 Å². The second kappa shape index (κ2) is 9.41. The van der Waals surface area contributed by atoms with Gasteiger partial charge in [0.25, 0.3) is 0 Å². The highest BCUT2D eigenvalue weighted by molar-refractivity contribution is 5.79. The molecule has 0 aromatic rings. The Balaban J connectivity index is 2.58. The predicted molar refractivity (Wildman–Crippen MR) is 119 cm³/mol. The summed E-state index contributed by atoms with van der Waals surface area (Å²) in [6.07, 6.45) is 2.71. The van der Waals surface area contributed by atoms with Gasteiger partial charge in [0.2, 0.25) is 5.79 Å². The average Bonchev–Trinajstić information content (AvgIpc) is 2.68. The van der Waals surface area contributed by atoms with Gasteiger partial charge in [0.15, 0.2) is 0 Å². The maximum Gasteiger partial charge on any atom is 0.409 e. The zero-order valence-corrected chi connectivity index (χ0v) is 20.2. The number of amides is 1. The maximum atomic E-state index is 12.5. The smallest absolute Gasteiger partial charge is 0.409 e. The molecule has 5 N–H and O–H groups in total. The second-order valence-electron chi connectivity index (χ2n) is 10.6. The quantitative estimate of drug-likeness (QED) is 0.225. The molecule has 8 nitrogen and oxygen atoms in total. The second-order valence-corrected chi connectivity index (χ2v) is 10.6. The van der Waals surface area contributed by atoms with Crippen LogP contribution in [0.1, 0.15) is 67.2 Å². The van der Waals surface area contributed by atoms with Crippen LogP contribution in [0.4, 0.5) is 4.79 Å². The number of Topliss-reactive ketones (excluding diaryl/α,β-unsaturated/α-hetero) is 1. The van der Waals surface area contributed by atoms with Gasteiger partial charge in [-0.15, -0.1) is 0 Å². The van der Waals surface area contributed by atoms with Crippen molar-refractivity contribution in [1.29, 1.82) is 0 Å². The first-order valence-electron chi connectivity index (χ1n) is 11.6. The number of hydrogen-bond donors (Lipinski definition) is 5. The first kappa shape index (κ1) is 26.8. The Kier molecular flexibility index (Phi) is 7.87. The number of rotatable bonds is 7. The van der Waals surface area contributed by atoms with E-state index in [9.17, 15) is 24.9 Å². The summed E-state index contributed by atoms with van der Waals surface area (Å²) in [6.45, 7) is 10.7. The lowest BCUT2D eigenvalue weighted by Gasteiger charge is -2.67. The van der Waals surface area contributed by atoms with Crippen LogP contribution in [0.3, 0.4) is 0 Å². The van der Waals surface area contributed by atoms with E-state index in [0.717, 1.165) is 0 Å². The van der Waals surface area contributed by atoms with E-state index in [4.69, 9.17) is 9.84 Å². The topological polar surface area (TPSA) is 136 Å². The summed E-state index contributed by atoms with van der Waals surface area (Å²) in [7, 11) is 0. The molecule has 0 radical (unpaired) electrons. The molecule has 0 unspecified atom stereocenters. The maximum absolute atomic E-state index is 12.5. The number of aliphatic hydroxyl groups is 4. The molecule has 2 saturated carbocycles. The number of ketones is 1. The van der Waals surface area contributed by atoms with Crippen LogP contribution in [-0.4, -0.2) is 62.9 Å². The molecule has 0 bridgehead atoms. The van der Waals surface area contributed by atoms with Crippen LogP contribution in [0.25, 0.3) is 0 Å². The van der Waals surface area contributed by atoms with Crippen molar-refractivity contribution in [3.63, 3.8) is 0 Å². The first-order chi connectivity index (χ1) is 14.7. The van der Waals surface area contributed by atoms with E-state index in [1.54, 1.807) is 32.9 Å². The molecule has 0 aromatic carbocycles. The fraction of sp³-hybridized carbons (Fsp3) is 0.833. The lowest BCUT2D eigenvalue weighted by atomic mass is 9.42. The summed E-state index contributed by atoms with van der Waals surface area (Å²) in [6, 6.07) is 0. The summed E-state index contributed by atoms with van der Waals surface area (Å²) >= 11 is 0. The molecule has 32 heavy (non-hydrogen) atoms. The molecule has 2 aliphatic carbocycles. The minimum atomic E-state index is -2.06. The van der Waals surface area contributed by atoms with E-state index < -0.39 is 52.2 Å². The van der Waals surface area contributed by atoms with Gasteiger partial charge in [0.1, 0.15) is 5.78 Å². The fourth-order valence-corrected chi connectivity index (χ4v) is 5.97. The minimum absolute atomic E-state index is 0.0613. The third-order valence-corrected chi connectivity index (χ3v) is 8.09. The van der Waals surface area contributed by atoms with E-state index >= 15 is 0 Å². The summed E-state index contributed by atoms with van der Waals surface area (Å²) in [5.41, 5.74) is -3.57. The SMILES string of the molecule is CC(=O)[C@@H](C)/C=C\[C@@]1(O)[C@@H](C)C[C@@H](O)[C@H]2C(C)(C)CC[C@@](O)(OC(=O)NCCCO)[C@@]21C. The van der Waals surface area contributed by atoms with Crippen LogP contribution in [-0.2, 0) is 9.53 Å². The van der Waals surface area contributed by atoms with Gasteiger partial charge in [-0.05, 0) is 44.4 Å². The van der Waals surface area contributed by atoms with Crippen molar-refractivity contribution >= 4 is 11.9 Å². The Morgan fingerprint density at radius 2 is 1.84 bits per heavy atom. The molecule has 0 saturated heterocycles. The predicted octanol–water partition coefficient (Wildman–Crippen LogP) is 2.14. The highest BCUT2D eigenvalue weighted by atomic mass is 16.7. The number of aliphatic hydroxyl groups excluding tert-OH is 2. The van der Waals surface area contributed by atoms with Crippen LogP contribution in [0, 0.1) is 28.6 Å². The van der Waals surface area contributed by atoms with Crippen molar-refractivity contribution in [2.24, 2.45) is 28.6 Å². The van der Waals surface area contributed by atoms with E-state index in [2.05, 4.69) is 5.32 Å². The molecule has 0 aromatic heterocycles. The first-order valence-corrected chi connectivity index (χ1v) is 11.6. The fourth-order valence-electron chi connectivity index (χ4n) is 5.97.